The normalized spacial score (nSPS) is 33.5. The number of aliphatic hydroxyl groups is 1. The van der Waals surface area contributed by atoms with Crippen LogP contribution >= 0.6 is 23.2 Å². The SMILES string of the molecule is CCC12C(=O)C34C5C[C@H](Cc6ccc(Cl)cc6)N(C)C3[C@@H](COC)NC4[C@H](C)N(Cc3ccc(Cl)cc3Oc3ccc(-c4cnc(CN6CC[C@H](O)C6)n4C)cc3)C1C[C@@H](Cc1ccccc1)C2N(C)[C@@H](C)CN5. The predicted octanol–water partition coefficient (Wildman–Crippen LogP) is 8.50. The minimum absolute atomic E-state index is 0.00845. The summed E-state index contributed by atoms with van der Waals surface area (Å²) in [5, 5.41) is 19.9. The Kier molecular flexibility index (Phi) is 14.7. The highest BCUT2D eigenvalue weighted by molar-refractivity contribution is 6.31. The molecule has 5 aromatic rings. The van der Waals surface area contributed by atoms with Crippen molar-refractivity contribution < 1.29 is 19.4 Å². The van der Waals surface area contributed by atoms with Gasteiger partial charge in [-0.15, -0.1) is 0 Å². The van der Waals surface area contributed by atoms with Gasteiger partial charge in [-0.1, -0.05) is 78.7 Å². The molecule has 2 bridgehead atoms. The predicted molar refractivity (Wildman–Crippen MR) is 294 cm³/mol. The minimum atomic E-state index is -0.784. The molecule has 6 fully saturated rings. The molecule has 4 aromatic carbocycles. The molecule has 0 radical (unpaired) electrons. The highest BCUT2D eigenvalue weighted by Gasteiger charge is 2.77. The number of nitrogens with zero attached hydrogens (tertiary/aromatic N) is 6. The Labute approximate surface area is 448 Å². The number of Topliss-reactive ketones (excluding diaryl/α,β-unsaturated/α-hetero) is 1. The number of rotatable bonds is 14. The van der Waals surface area contributed by atoms with Gasteiger partial charge in [0, 0.05) is 116 Å². The zero-order chi connectivity index (χ0) is 51.6. The Morgan fingerprint density at radius 3 is 2.32 bits per heavy atom. The van der Waals surface area contributed by atoms with Crippen molar-refractivity contribution in [3.05, 3.63) is 136 Å². The summed E-state index contributed by atoms with van der Waals surface area (Å²) in [5.74, 6) is 3.04. The molecule has 14 heteroatoms. The van der Waals surface area contributed by atoms with Crippen LogP contribution in [0.3, 0.4) is 0 Å². The summed E-state index contributed by atoms with van der Waals surface area (Å²) in [6.07, 6.45) is 6.67. The van der Waals surface area contributed by atoms with E-state index in [2.05, 4.69) is 137 Å². The van der Waals surface area contributed by atoms with E-state index in [1.54, 1.807) is 7.11 Å². The molecular weight excluding hydrogens is 968 g/mol. The van der Waals surface area contributed by atoms with Gasteiger partial charge in [0.15, 0.2) is 5.78 Å². The number of aliphatic hydroxyl groups excluding tert-OH is 1. The lowest BCUT2D eigenvalue weighted by Gasteiger charge is -2.57. The van der Waals surface area contributed by atoms with Crippen molar-refractivity contribution in [1.82, 2.24) is 39.8 Å². The summed E-state index contributed by atoms with van der Waals surface area (Å²) in [6, 6.07) is 33.3. The topological polar surface area (TPSA) is 111 Å². The van der Waals surface area contributed by atoms with Crippen LogP contribution in [0, 0.1) is 16.7 Å². The molecule has 74 heavy (non-hydrogen) atoms. The van der Waals surface area contributed by atoms with Crippen LogP contribution in [0.2, 0.25) is 10.0 Å². The molecule has 12 nitrogen and oxygen atoms in total. The largest absolute Gasteiger partial charge is 0.457 e. The Morgan fingerprint density at radius 2 is 1.61 bits per heavy atom. The molecule has 5 saturated heterocycles. The van der Waals surface area contributed by atoms with Gasteiger partial charge in [0.25, 0.3) is 0 Å². The van der Waals surface area contributed by atoms with Gasteiger partial charge in [-0.2, -0.15) is 0 Å². The van der Waals surface area contributed by atoms with Gasteiger partial charge in [0.05, 0.1) is 42.0 Å². The van der Waals surface area contributed by atoms with E-state index in [9.17, 15) is 5.11 Å². The van der Waals surface area contributed by atoms with Crippen LogP contribution in [-0.4, -0.2) is 148 Å². The van der Waals surface area contributed by atoms with Crippen LogP contribution in [0.25, 0.3) is 11.3 Å². The number of methoxy groups -OCH3 is 1. The third-order valence-electron chi connectivity index (χ3n) is 19.1. The Bertz CT molecular complexity index is 2780. The number of likely N-dealkylation sites (tertiary alicyclic amines) is 3. The smallest absolute Gasteiger partial charge is 0.153 e. The van der Waals surface area contributed by atoms with Gasteiger partial charge in [0.1, 0.15) is 17.3 Å². The third kappa shape index (κ3) is 8.96. The lowest BCUT2D eigenvalue weighted by atomic mass is 9.54. The van der Waals surface area contributed by atoms with Gasteiger partial charge >= 0.3 is 0 Å². The number of likely N-dealkylation sites (N-methyl/N-ethyl adjacent to an activating group) is 2. The molecule has 5 aliphatic heterocycles. The summed E-state index contributed by atoms with van der Waals surface area (Å²) >= 11 is 13.3. The van der Waals surface area contributed by atoms with Crippen LogP contribution < -0.4 is 15.4 Å². The highest BCUT2D eigenvalue weighted by atomic mass is 35.5. The molecule has 13 atom stereocenters. The maximum absolute atomic E-state index is 17.5. The number of imidazole rings is 1. The maximum Gasteiger partial charge on any atom is 0.153 e. The average Bonchev–Trinajstić information content (AvgIpc) is 4.21. The van der Waals surface area contributed by atoms with Crippen LogP contribution in [0.1, 0.15) is 69.0 Å². The van der Waals surface area contributed by atoms with Gasteiger partial charge < -0.3 is 29.8 Å². The lowest BCUT2D eigenvalue weighted by Crippen LogP contribution is -2.73. The number of carbonyl (C=O) groups excluding carboxylic acids is 1. The van der Waals surface area contributed by atoms with E-state index in [4.69, 9.17) is 37.7 Å². The van der Waals surface area contributed by atoms with Crippen molar-refractivity contribution >= 4 is 29.0 Å². The summed E-state index contributed by atoms with van der Waals surface area (Å²) in [4.78, 5) is 32.5. The molecule has 394 valence electrons. The molecule has 1 saturated carbocycles. The molecule has 11 rings (SSSR count). The summed E-state index contributed by atoms with van der Waals surface area (Å²) < 4.78 is 15.2. The Balaban J connectivity index is 0.992. The van der Waals surface area contributed by atoms with E-state index in [-0.39, 0.29) is 66.4 Å². The number of aromatic nitrogens is 2. The van der Waals surface area contributed by atoms with Gasteiger partial charge in [-0.25, -0.2) is 4.98 Å². The molecule has 6 aliphatic rings. The number of β-amino-alcohol motifs (C(OH)–C–C–N with tert-alkyl or cyclic N) is 1. The minimum Gasteiger partial charge on any atom is -0.457 e. The van der Waals surface area contributed by atoms with Crippen molar-refractivity contribution in [3.63, 3.8) is 0 Å². The number of ketones is 1. The zero-order valence-electron chi connectivity index (χ0n) is 44.3. The Morgan fingerprint density at radius 1 is 0.865 bits per heavy atom. The molecular formula is C60H76Cl2N8O4. The fraction of sp³-hybridized carbons (Fsp3) is 0.533. The van der Waals surface area contributed by atoms with E-state index >= 15 is 4.79 Å². The second-order valence-electron chi connectivity index (χ2n) is 22.9. The first-order valence-electron chi connectivity index (χ1n) is 27.2. The quantitative estimate of drug-likeness (QED) is 0.0997. The molecule has 0 amide bonds. The van der Waals surface area contributed by atoms with Gasteiger partial charge in [-0.05, 0) is 132 Å². The van der Waals surface area contributed by atoms with Crippen molar-refractivity contribution in [2.45, 2.75) is 133 Å². The van der Waals surface area contributed by atoms with Crippen molar-refractivity contribution in [2.24, 2.45) is 23.8 Å². The van der Waals surface area contributed by atoms with E-state index in [1.807, 2.05) is 42.6 Å². The monoisotopic (exact) mass is 1040 g/mol. The number of piperidine rings is 1. The van der Waals surface area contributed by atoms with E-state index in [0.717, 1.165) is 79.3 Å². The second kappa shape index (κ2) is 21.0. The van der Waals surface area contributed by atoms with Gasteiger partial charge in [0.2, 0.25) is 0 Å². The average molecular weight is 1040 g/mol. The first-order chi connectivity index (χ1) is 35.7. The fourth-order valence-electron chi connectivity index (χ4n) is 15.6. The number of benzene rings is 4. The standard InChI is InChI=1S/C60H76Cl2N8O4/c1-8-59-53-28-43(26-39-12-10-9-11-13-39)56(59)66(4)37(2)31-63-52-30-46(27-40-14-19-44(61)20-15-40)67(5)57-49(36-73-7)65-55(60(52,57)58(59)72)38(3)70(53)33-42-16-21-45(62)29-51(42)74-48-22-17-41(18-23-48)50-32-64-54(68(50)6)35-69-25-24-47(71)34-69/h9-23,29,32,37-38,43,46-47,49,52-53,55-57,63,65,71H,8,24-28,30-31,33-36H2,1-7H3/t37-,38-,43+,46-,47-,49+,52?,53?,55?,56?,57?,59?,60?/m0/s1. The maximum atomic E-state index is 17.5. The molecule has 7 unspecified atom stereocenters. The molecule has 1 spiro atoms. The summed E-state index contributed by atoms with van der Waals surface area (Å²) in [7, 11) is 8.45. The number of ether oxygens (including phenoxy) is 2. The molecule has 1 aromatic heterocycles. The van der Waals surface area contributed by atoms with Crippen LogP contribution in [0.4, 0.5) is 0 Å². The van der Waals surface area contributed by atoms with Crippen LogP contribution in [0.5, 0.6) is 11.5 Å². The van der Waals surface area contributed by atoms with Crippen LogP contribution in [0.15, 0.2) is 103 Å². The number of nitrogens with one attached hydrogen (secondary N) is 2. The summed E-state index contributed by atoms with van der Waals surface area (Å²) in [6.45, 7) is 11.2. The van der Waals surface area contributed by atoms with Gasteiger partial charge in [-0.3, -0.25) is 24.4 Å². The van der Waals surface area contributed by atoms with Crippen LogP contribution in [-0.2, 0) is 42.5 Å². The fourth-order valence-corrected chi connectivity index (χ4v) is 15.9. The first kappa shape index (κ1) is 51.9. The van der Waals surface area contributed by atoms with Crippen molar-refractivity contribution in [1.29, 1.82) is 0 Å². The second-order valence-corrected chi connectivity index (χ2v) is 23.8. The zero-order valence-corrected chi connectivity index (χ0v) is 45.8. The number of halogens is 2. The van der Waals surface area contributed by atoms with Crippen molar-refractivity contribution in [3.8, 4) is 22.8 Å². The van der Waals surface area contributed by atoms with E-state index < -0.39 is 10.8 Å². The number of hydrogen-bond donors (Lipinski definition) is 3. The lowest BCUT2D eigenvalue weighted by molar-refractivity contribution is -0.154. The number of hydrogen-bond acceptors (Lipinski definition) is 11. The van der Waals surface area contributed by atoms with Crippen molar-refractivity contribution in [2.75, 3.05) is 47.4 Å². The first-order valence-corrected chi connectivity index (χ1v) is 28.0. The molecule has 6 heterocycles. The molecule has 1 aliphatic carbocycles. The summed E-state index contributed by atoms with van der Waals surface area (Å²) in [5.41, 5.74) is 4.15. The highest BCUT2D eigenvalue weighted by Crippen LogP contribution is 2.63. The number of carbonyl (C=O) groups is 1. The Hall–Kier alpha value is -4.18. The van der Waals surface area contributed by atoms with E-state index in [0.29, 0.717) is 48.5 Å². The third-order valence-corrected chi connectivity index (χ3v) is 19.6. The van der Waals surface area contributed by atoms with E-state index in [1.165, 1.54) is 11.1 Å². The molecule has 3 N–H and O–H groups in total.